The van der Waals surface area contributed by atoms with Gasteiger partial charge < -0.3 is 27.2 Å². The highest BCUT2D eigenvalue weighted by Gasteiger charge is 2.18. The average Bonchev–Trinajstić information content (AvgIpc) is 2.62. The van der Waals surface area contributed by atoms with E-state index in [1.165, 1.54) is 6.20 Å². The quantitative estimate of drug-likeness (QED) is 0.188. The third-order valence-corrected chi connectivity index (χ3v) is 3.60. The number of hydrogen-bond donors (Lipinski definition) is 5. The number of amides is 2. The van der Waals surface area contributed by atoms with Crippen LogP contribution in [-0.2, 0) is 14.4 Å². The van der Waals surface area contributed by atoms with E-state index in [4.69, 9.17) is 16.6 Å². The number of carboxylic acids is 1. The van der Waals surface area contributed by atoms with Crippen LogP contribution in [0.1, 0.15) is 43.7 Å². The Bertz CT molecular complexity index is 646. The number of pyridine rings is 1. The van der Waals surface area contributed by atoms with Gasteiger partial charge in [0.05, 0.1) is 19.0 Å². The van der Waals surface area contributed by atoms with Gasteiger partial charge in [-0.15, -0.1) is 0 Å². The lowest BCUT2D eigenvalue weighted by molar-refractivity contribution is -0.138. The van der Waals surface area contributed by atoms with Gasteiger partial charge in [0.2, 0.25) is 11.8 Å². The molecule has 0 aliphatic heterocycles. The van der Waals surface area contributed by atoms with Crippen molar-refractivity contribution in [1.29, 1.82) is 0 Å². The molecule has 148 valence electrons. The number of nitrogens with two attached hydrogens (primary N) is 2. The van der Waals surface area contributed by atoms with Crippen LogP contribution in [0.3, 0.4) is 0 Å². The fourth-order valence-electron chi connectivity index (χ4n) is 2.30. The zero-order valence-corrected chi connectivity index (χ0v) is 15.1. The first-order chi connectivity index (χ1) is 12.9. The normalized spacial score (nSPS) is 11.3. The Labute approximate surface area is 157 Å². The molecule has 7 N–H and O–H groups in total. The first-order valence-corrected chi connectivity index (χ1v) is 8.61. The Morgan fingerprint density at radius 3 is 2.59 bits per heavy atom. The highest BCUT2D eigenvalue weighted by Crippen LogP contribution is 2.15. The van der Waals surface area contributed by atoms with E-state index in [2.05, 4.69) is 20.6 Å². The molecule has 1 heterocycles. The number of carbonyl (C=O) groups is 3. The molecule has 1 aromatic rings. The van der Waals surface area contributed by atoms with E-state index < -0.39 is 17.9 Å². The zero-order chi connectivity index (χ0) is 20.1. The Kier molecular flexibility index (Phi) is 9.90. The molecule has 1 atom stereocenters. The van der Waals surface area contributed by atoms with E-state index in [1.54, 1.807) is 18.3 Å². The van der Waals surface area contributed by atoms with Crippen LogP contribution in [-0.4, -0.2) is 46.9 Å². The van der Waals surface area contributed by atoms with Gasteiger partial charge in [-0.3, -0.25) is 24.4 Å². The predicted molar refractivity (Wildman–Crippen MR) is 99.5 cm³/mol. The average molecular weight is 378 g/mol. The highest BCUT2D eigenvalue weighted by atomic mass is 16.4. The van der Waals surface area contributed by atoms with Crippen LogP contribution in [0.5, 0.6) is 0 Å². The fourth-order valence-corrected chi connectivity index (χ4v) is 2.30. The van der Waals surface area contributed by atoms with Gasteiger partial charge in [0.25, 0.3) is 0 Å². The van der Waals surface area contributed by atoms with Crippen LogP contribution in [0.2, 0.25) is 0 Å². The van der Waals surface area contributed by atoms with Crippen LogP contribution in [0, 0.1) is 0 Å². The number of nitrogens with zero attached hydrogens (tertiary/aromatic N) is 2. The maximum Gasteiger partial charge on any atom is 0.305 e. The molecule has 2 amide bonds. The van der Waals surface area contributed by atoms with Gasteiger partial charge in [-0.1, -0.05) is 12.5 Å². The SMILES string of the molecule is NC(N)=NCCCCCC(=O)NCC(=O)NC(CC(=O)O)c1cccnc1. The van der Waals surface area contributed by atoms with Gasteiger partial charge in [-0.05, 0) is 24.5 Å². The highest BCUT2D eigenvalue weighted by molar-refractivity contribution is 5.85. The van der Waals surface area contributed by atoms with Crippen molar-refractivity contribution in [3.63, 3.8) is 0 Å². The number of aromatic nitrogens is 1. The number of guanidine groups is 1. The fraction of sp³-hybridized carbons (Fsp3) is 0.471. The van der Waals surface area contributed by atoms with E-state index in [9.17, 15) is 14.4 Å². The molecule has 0 spiro atoms. The van der Waals surface area contributed by atoms with E-state index in [0.717, 1.165) is 12.8 Å². The van der Waals surface area contributed by atoms with Crippen molar-refractivity contribution in [3.05, 3.63) is 30.1 Å². The van der Waals surface area contributed by atoms with Gasteiger partial charge >= 0.3 is 5.97 Å². The van der Waals surface area contributed by atoms with Gasteiger partial charge in [0.1, 0.15) is 0 Å². The molecule has 10 nitrogen and oxygen atoms in total. The second-order valence-electron chi connectivity index (χ2n) is 5.90. The molecule has 1 unspecified atom stereocenters. The standard InChI is InChI=1S/C17H26N6O4/c18-17(19)21-8-3-1-2-6-14(24)22-11-15(25)23-13(9-16(26)27)12-5-4-7-20-10-12/h4-5,7,10,13H,1-3,6,8-9,11H2,(H,22,24)(H,23,25)(H,26,27)(H4,18,19,21). The van der Waals surface area contributed by atoms with Crippen molar-refractivity contribution >= 4 is 23.7 Å². The summed E-state index contributed by atoms with van der Waals surface area (Å²) >= 11 is 0. The molecule has 0 fully saturated rings. The number of aliphatic carboxylic acids is 1. The van der Waals surface area contributed by atoms with Crippen molar-refractivity contribution in [1.82, 2.24) is 15.6 Å². The Hall–Kier alpha value is -3.17. The van der Waals surface area contributed by atoms with Crippen molar-refractivity contribution in [2.75, 3.05) is 13.1 Å². The number of unbranched alkanes of at least 4 members (excludes halogenated alkanes) is 2. The van der Waals surface area contributed by atoms with Crippen molar-refractivity contribution in [3.8, 4) is 0 Å². The number of hydrogen-bond acceptors (Lipinski definition) is 5. The first-order valence-electron chi connectivity index (χ1n) is 8.61. The van der Waals surface area contributed by atoms with Crippen LogP contribution < -0.4 is 22.1 Å². The zero-order valence-electron chi connectivity index (χ0n) is 15.1. The van der Waals surface area contributed by atoms with Gasteiger partial charge in [0, 0.05) is 25.4 Å². The second-order valence-corrected chi connectivity index (χ2v) is 5.90. The largest absolute Gasteiger partial charge is 0.481 e. The molecule has 1 aromatic heterocycles. The molecule has 0 saturated heterocycles. The monoisotopic (exact) mass is 378 g/mol. The molecule has 10 heteroatoms. The Morgan fingerprint density at radius 2 is 1.96 bits per heavy atom. The third kappa shape index (κ3) is 10.4. The lowest BCUT2D eigenvalue weighted by Crippen LogP contribution is -2.39. The van der Waals surface area contributed by atoms with E-state index in [1.807, 2.05) is 0 Å². The van der Waals surface area contributed by atoms with Crippen molar-refractivity contribution < 1.29 is 19.5 Å². The lowest BCUT2D eigenvalue weighted by Gasteiger charge is -2.17. The predicted octanol–water partition coefficient (Wildman–Crippen LogP) is -0.336. The number of aliphatic imine (C=N–C) groups is 1. The lowest BCUT2D eigenvalue weighted by atomic mass is 10.1. The number of carbonyl (C=O) groups excluding carboxylic acids is 2. The van der Waals surface area contributed by atoms with E-state index in [-0.39, 0.29) is 31.3 Å². The minimum Gasteiger partial charge on any atom is -0.481 e. The molecule has 0 aromatic carbocycles. The second kappa shape index (κ2) is 12.2. The van der Waals surface area contributed by atoms with Gasteiger partial charge in [-0.2, -0.15) is 0 Å². The molecule has 0 aliphatic carbocycles. The summed E-state index contributed by atoms with van der Waals surface area (Å²) in [5.74, 6) is -1.71. The summed E-state index contributed by atoms with van der Waals surface area (Å²) in [5.41, 5.74) is 11.0. The molecule has 0 radical (unpaired) electrons. The molecular weight excluding hydrogens is 352 g/mol. The number of rotatable bonds is 12. The molecule has 27 heavy (non-hydrogen) atoms. The van der Waals surface area contributed by atoms with Crippen LogP contribution >= 0.6 is 0 Å². The van der Waals surface area contributed by atoms with Gasteiger partial charge in [0.15, 0.2) is 5.96 Å². The number of carboxylic acid groups (broad SMARTS) is 1. The Morgan fingerprint density at radius 1 is 1.19 bits per heavy atom. The topological polar surface area (TPSA) is 173 Å². The summed E-state index contributed by atoms with van der Waals surface area (Å²) in [7, 11) is 0. The van der Waals surface area contributed by atoms with Crippen LogP contribution in [0.25, 0.3) is 0 Å². The minimum atomic E-state index is -1.05. The smallest absolute Gasteiger partial charge is 0.305 e. The maximum absolute atomic E-state index is 12.0. The third-order valence-electron chi connectivity index (χ3n) is 3.60. The molecule has 0 saturated carbocycles. The van der Waals surface area contributed by atoms with E-state index in [0.29, 0.717) is 18.5 Å². The summed E-state index contributed by atoms with van der Waals surface area (Å²) in [6.07, 6.45) is 5.28. The summed E-state index contributed by atoms with van der Waals surface area (Å²) in [6.45, 7) is 0.300. The summed E-state index contributed by atoms with van der Waals surface area (Å²) in [6, 6.07) is 2.63. The molecule has 1 rings (SSSR count). The minimum absolute atomic E-state index is 0.0474. The molecular formula is C17H26N6O4. The summed E-state index contributed by atoms with van der Waals surface area (Å²) in [4.78, 5) is 42.5. The Balaban J connectivity index is 2.32. The molecule has 0 bridgehead atoms. The van der Waals surface area contributed by atoms with Crippen molar-refractivity contribution in [2.45, 2.75) is 38.1 Å². The van der Waals surface area contributed by atoms with Crippen LogP contribution in [0.4, 0.5) is 0 Å². The van der Waals surface area contributed by atoms with Crippen molar-refractivity contribution in [2.24, 2.45) is 16.5 Å². The van der Waals surface area contributed by atoms with E-state index >= 15 is 0 Å². The summed E-state index contributed by atoms with van der Waals surface area (Å²) < 4.78 is 0. The van der Waals surface area contributed by atoms with Crippen LogP contribution in [0.15, 0.2) is 29.5 Å². The van der Waals surface area contributed by atoms with Gasteiger partial charge in [-0.25, -0.2) is 0 Å². The number of nitrogens with one attached hydrogen (secondary N) is 2. The molecule has 0 aliphatic rings. The maximum atomic E-state index is 12.0. The summed E-state index contributed by atoms with van der Waals surface area (Å²) in [5, 5.41) is 14.1. The first kappa shape index (κ1) is 21.9.